The first kappa shape index (κ1) is 18.9. The molecule has 0 fully saturated rings. The second-order valence-corrected chi connectivity index (χ2v) is 8.88. The molecule has 1 amide bonds. The van der Waals surface area contributed by atoms with Crippen LogP contribution in [-0.4, -0.2) is 27.5 Å². The monoisotopic (exact) mass is 434 g/mol. The van der Waals surface area contributed by atoms with Crippen LogP contribution < -0.4 is 10.1 Å². The number of amides is 1. The number of pyridine rings is 1. The quantitative estimate of drug-likeness (QED) is 0.490. The Labute approximate surface area is 181 Å². The van der Waals surface area contributed by atoms with Gasteiger partial charge in [0, 0.05) is 35.3 Å². The average Bonchev–Trinajstić information content (AvgIpc) is 3.54. The minimum Gasteiger partial charge on any atom is -0.493 e. The molecular formula is C22H18N4O2S2. The SMILES string of the molecule is CC(NC(=O)c1cnc(-c2ccc3c(c2)CCO3)s1)c1nc(-c2cccnc2)cs1. The number of thiazole rings is 2. The van der Waals surface area contributed by atoms with E-state index in [1.165, 1.54) is 28.2 Å². The number of nitrogens with zero attached hydrogens (tertiary/aromatic N) is 3. The lowest BCUT2D eigenvalue weighted by atomic mass is 10.1. The molecule has 1 aliphatic rings. The number of hydrogen-bond acceptors (Lipinski definition) is 7. The Hall–Kier alpha value is -3.10. The van der Waals surface area contributed by atoms with E-state index in [-0.39, 0.29) is 11.9 Å². The van der Waals surface area contributed by atoms with E-state index >= 15 is 0 Å². The van der Waals surface area contributed by atoms with E-state index < -0.39 is 0 Å². The molecule has 0 radical (unpaired) electrons. The number of carbonyl (C=O) groups excluding carboxylic acids is 1. The van der Waals surface area contributed by atoms with Gasteiger partial charge in [-0.15, -0.1) is 22.7 Å². The van der Waals surface area contributed by atoms with Gasteiger partial charge in [-0.2, -0.15) is 0 Å². The number of carbonyl (C=O) groups is 1. The summed E-state index contributed by atoms with van der Waals surface area (Å²) in [6, 6.07) is 9.72. The fourth-order valence-electron chi connectivity index (χ4n) is 3.30. The predicted molar refractivity (Wildman–Crippen MR) is 118 cm³/mol. The topological polar surface area (TPSA) is 77.0 Å². The highest BCUT2D eigenvalue weighted by atomic mass is 32.1. The van der Waals surface area contributed by atoms with Crippen LogP contribution in [0.1, 0.15) is 33.2 Å². The van der Waals surface area contributed by atoms with E-state index in [9.17, 15) is 4.79 Å². The Morgan fingerprint density at radius 1 is 1.23 bits per heavy atom. The van der Waals surface area contributed by atoms with Crippen LogP contribution in [0.5, 0.6) is 5.75 Å². The molecular weight excluding hydrogens is 416 g/mol. The molecule has 6 nitrogen and oxygen atoms in total. The van der Waals surface area contributed by atoms with Gasteiger partial charge >= 0.3 is 0 Å². The van der Waals surface area contributed by atoms with E-state index in [4.69, 9.17) is 4.74 Å². The van der Waals surface area contributed by atoms with Gasteiger partial charge in [-0.1, -0.05) is 0 Å². The fourth-order valence-corrected chi connectivity index (χ4v) is 4.95. The van der Waals surface area contributed by atoms with Gasteiger partial charge in [-0.25, -0.2) is 9.97 Å². The Morgan fingerprint density at radius 3 is 3.03 bits per heavy atom. The molecule has 1 aromatic carbocycles. The van der Waals surface area contributed by atoms with E-state index in [1.54, 1.807) is 18.6 Å². The minimum absolute atomic E-state index is 0.145. The molecule has 4 aromatic rings. The largest absolute Gasteiger partial charge is 0.493 e. The Balaban J connectivity index is 1.28. The summed E-state index contributed by atoms with van der Waals surface area (Å²) in [5.41, 5.74) is 4.03. The van der Waals surface area contributed by atoms with Crippen LogP contribution in [0.25, 0.3) is 21.8 Å². The van der Waals surface area contributed by atoms with Crippen molar-refractivity contribution in [2.24, 2.45) is 0 Å². The van der Waals surface area contributed by atoms with Crippen molar-refractivity contribution in [3.8, 4) is 27.6 Å². The van der Waals surface area contributed by atoms with E-state index in [1.807, 2.05) is 36.6 Å². The lowest BCUT2D eigenvalue weighted by molar-refractivity contribution is 0.0943. The molecule has 3 aromatic heterocycles. The van der Waals surface area contributed by atoms with Gasteiger partial charge in [0.1, 0.15) is 20.6 Å². The number of rotatable bonds is 5. The summed E-state index contributed by atoms with van der Waals surface area (Å²) in [4.78, 5) is 26.6. The molecule has 8 heteroatoms. The standard InChI is InChI=1S/C22H18N4O2S2/c1-13(21-26-17(12-29-21)16-3-2-7-23-10-16)25-20(27)19-11-24-22(30-19)15-4-5-18-14(9-15)6-8-28-18/h2-5,7,9-13H,6,8H2,1H3,(H,25,27). The Kier molecular flexibility index (Phi) is 5.02. The second kappa shape index (κ2) is 7.97. The Morgan fingerprint density at radius 2 is 2.17 bits per heavy atom. The van der Waals surface area contributed by atoms with Crippen LogP contribution in [-0.2, 0) is 6.42 Å². The minimum atomic E-state index is -0.199. The van der Waals surface area contributed by atoms with E-state index in [0.29, 0.717) is 4.88 Å². The van der Waals surface area contributed by atoms with Gasteiger partial charge < -0.3 is 10.1 Å². The summed E-state index contributed by atoms with van der Waals surface area (Å²) >= 11 is 2.91. The number of benzene rings is 1. The molecule has 1 unspecified atom stereocenters. The lowest BCUT2D eigenvalue weighted by Crippen LogP contribution is -2.25. The predicted octanol–water partition coefficient (Wildman–Crippen LogP) is 4.75. The molecule has 4 heterocycles. The third-order valence-electron chi connectivity index (χ3n) is 4.86. The van der Waals surface area contributed by atoms with E-state index in [0.717, 1.165) is 45.6 Å². The van der Waals surface area contributed by atoms with Crippen LogP contribution in [0.2, 0.25) is 0 Å². The van der Waals surface area contributed by atoms with Gasteiger partial charge in [0.2, 0.25) is 0 Å². The van der Waals surface area contributed by atoms with Crippen molar-refractivity contribution in [3.05, 3.63) is 69.8 Å². The van der Waals surface area contributed by atoms with Crippen molar-refractivity contribution in [2.45, 2.75) is 19.4 Å². The molecule has 0 bridgehead atoms. The van der Waals surface area contributed by atoms with Crippen LogP contribution in [0, 0.1) is 0 Å². The molecule has 30 heavy (non-hydrogen) atoms. The van der Waals surface area contributed by atoms with Crippen molar-refractivity contribution in [1.82, 2.24) is 20.3 Å². The molecule has 1 N–H and O–H groups in total. The van der Waals surface area contributed by atoms with Crippen LogP contribution in [0.3, 0.4) is 0 Å². The highest BCUT2D eigenvalue weighted by Crippen LogP contribution is 2.32. The number of fused-ring (bicyclic) bond motifs is 1. The molecule has 1 aliphatic heterocycles. The van der Waals surface area contributed by atoms with E-state index in [2.05, 4.69) is 26.3 Å². The first-order valence-corrected chi connectivity index (χ1v) is 11.3. The number of hydrogen-bond donors (Lipinski definition) is 1. The fraction of sp³-hybridized carbons (Fsp3) is 0.182. The normalized spacial score (nSPS) is 13.5. The summed E-state index contributed by atoms with van der Waals surface area (Å²) in [6.45, 7) is 2.66. The summed E-state index contributed by atoms with van der Waals surface area (Å²) in [5, 5.41) is 6.69. The summed E-state index contributed by atoms with van der Waals surface area (Å²) in [6.07, 6.45) is 6.06. The highest BCUT2D eigenvalue weighted by molar-refractivity contribution is 7.16. The van der Waals surface area contributed by atoms with Crippen LogP contribution in [0.4, 0.5) is 0 Å². The van der Waals surface area contributed by atoms with Crippen molar-refractivity contribution in [2.75, 3.05) is 6.61 Å². The Bertz CT molecular complexity index is 1200. The van der Waals surface area contributed by atoms with Gasteiger partial charge in [0.05, 0.1) is 24.5 Å². The first-order chi connectivity index (χ1) is 14.7. The zero-order valence-corrected chi connectivity index (χ0v) is 17.8. The smallest absolute Gasteiger partial charge is 0.263 e. The molecule has 0 aliphatic carbocycles. The maximum atomic E-state index is 12.7. The van der Waals surface area contributed by atoms with Gasteiger partial charge in [-0.05, 0) is 42.8 Å². The van der Waals surface area contributed by atoms with Crippen LogP contribution >= 0.6 is 22.7 Å². The zero-order valence-electron chi connectivity index (χ0n) is 16.2. The maximum Gasteiger partial charge on any atom is 0.263 e. The molecule has 0 saturated heterocycles. The average molecular weight is 435 g/mol. The summed E-state index contributed by atoms with van der Waals surface area (Å²) < 4.78 is 5.56. The zero-order chi connectivity index (χ0) is 20.5. The third kappa shape index (κ3) is 3.71. The number of nitrogens with one attached hydrogen (secondary N) is 1. The van der Waals surface area contributed by atoms with Gasteiger partial charge in [0.15, 0.2) is 0 Å². The van der Waals surface area contributed by atoms with Gasteiger partial charge in [-0.3, -0.25) is 9.78 Å². The van der Waals surface area contributed by atoms with Crippen molar-refractivity contribution >= 4 is 28.6 Å². The number of ether oxygens (including phenoxy) is 1. The molecule has 150 valence electrons. The molecule has 5 rings (SSSR count). The molecule has 1 atom stereocenters. The highest BCUT2D eigenvalue weighted by Gasteiger charge is 2.19. The summed E-state index contributed by atoms with van der Waals surface area (Å²) in [7, 11) is 0. The summed E-state index contributed by atoms with van der Waals surface area (Å²) in [5.74, 6) is 0.796. The lowest BCUT2D eigenvalue weighted by Gasteiger charge is -2.09. The van der Waals surface area contributed by atoms with Gasteiger partial charge in [0.25, 0.3) is 5.91 Å². The maximum absolute atomic E-state index is 12.7. The molecule has 0 spiro atoms. The third-order valence-corrected chi connectivity index (χ3v) is 6.94. The molecule has 0 saturated carbocycles. The first-order valence-electron chi connectivity index (χ1n) is 9.56. The number of aromatic nitrogens is 3. The van der Waals surface area contributed by atoms with Crippen molar-refractivity contribution in [1.29, 1.82) is 0 Å². The van der Waals surface area contributed by atoms with Crippen molar-refractivity contribution in [3.63, 3.8) is 0 Å². The second-order valence-electron chi connectivity index (χ2n) is 6.96. The van der Waals surface area contributed by atoms with Crippen molar-refractivity contribution < 1.29 is 9.53 Å². The van der Waals surface area contributed by atoms with Crippen LogP contribution in [0.15, 0.2) is 54.3 Å².